The van der Waals surface area contributed by atoms with Crippen LogP contribution in [0.2, 0.25) is 0 Å². The van der Waals surface area contributed by atoms with Crippen LogP contribution in [0.25, 0.3) is 0 Å². The van der Waals surface area contributed by atoms with Gasteiger partial charge in [-0.25, -0.2) is 0 Å². The van der Waals surface area contributed by atoms with E-state index in [2.05, 4.69) is 55.4 Å². The first-order valence-electron chi connectivity index (χ1n) is 5.65. The van der Waals surface area contributed by atoms with E-state index in [1.54, 1.807) is 0 Å². The second-order valence-corrected chi connectivity index (χ2v) is 11.2. The van der Waals surface area contributed by atoms with E-state index in [0.29, 0.717) is 0 Å². The molecule has 0 aromatic carbocycles. The molecule has 0 aromatic rings. The summed E-state index contributed by atoms with van der Waals surface area (Å²) in [6, 6.07) is 0. The van der Waals surface area contributed by atoms with Crippen LogP contribution in [-0.2, 0) is 0 Å². The molecule has 14 heavy (non-hydrogen) atoms. The molecule has 1 nitrogen and oxygen atoms in total. The van der Waals surface area contributed by atoms with Gasteiger partial charge in [0.05, 0.1) is 22.6 Å². The van der Waals surface area contributed by atoms with Gasteiger partial charge in [0.2, 0.25) is 0 Å². The van der Waals surface area contributed by atoms with Crippen molar-refractivity contribution in [3.63, 3.8) is 0 Å². The lowest BCUT2D eigenvalue weighted by Crippen LogP contribution is -2.29. The van der Waals surface area contributed by atoms with E-state index in [4.69, 9.17) is 0 Å². The lowest BCUT2D eigenvalue weighted by Gasteiger charge is -2.41. The van der Waals surface area contributed by atoms with Crippen LogP contribution in [0, 0.1) is 0 Å². The Balaban J connectivity index is 0. The third-order valence-corrected chi connectivity index (χ3v) is 10.7. The number of rotatable bonds is 4. The van der Waals surface area contributed by atoms with Crippen molar-refractivity contribution in [3.8, 4) is 0 Å². The lowest BCUT2D eigenvalue weighted by molar-refractivity contribution is 0.824. The van der Waals surface area contributed by atoms with Crippen molar-refractivity contribution in [2.45, 2.75) is 78.0 Å². The molecule has 0 radical (unpaired) electrons. The maximum atomic E-state index is 2.42. The average Bonchev–Trinajstić information content (AvgIpc) is 1.82. The van der Waals surface area contributed by atoms with Gasteiger partial charge in [-0.2, -0.15) is 0 Å². The quantitative estimate of drug-likeness (QED) is 0.643. The van der Waals surface area contributed by atoms with E-state index in [1.807, 2.05) is 0 Å². The Morgan fingerprint density at radius 2 is 0.643 bits per heavy atom. The summed E-state index contributed by atoms with van der Waals surface area (Å²) in [5.74, 6) is 0. The van der Waals surface area contributed by atoms with Crippen molar-refractivity contribution in [1.29, 1.82) is 0 Å². The molecule has 0 aromatic heterocycles. The Kier molecular flexibility index (Phi) is 7.30. The normalized spacial score (nSPS) is 12.9. The first-order chi connectivity index (χ1) is 5.77. The van der Waals surface area contributed by atoms with Gasteiger partial charge in [0.1, 0.15) is 0 Å². The summed E-state index contributed by atoms with van der Waals surface area (Å²) < 4.78 is 0. The van der Waals surface area contributed by atoms with E-state index in [1.165, 1.54) is 0 Å². The van der Waals surface area contributed by atoms with E-state index in [-0.39, 0.29) is 5.48 Å². The smallest absolute Gasteiger partial charge is 0.0649 e. The van der Waals surface area contributed by atoms with Crippen LogP contribution in [-0.4, -0.2) is 28.1 Å². The maximum absolute atomic E-state index is 2.42. The Labute approximate surface area is 91.3 Å². The van der Waals surface area contributed by atoms with Gasteiger partial charge in [0.25, 0.3) is 0 Å². The molecular weight excluding hydrogens is 191 g/mol. The fourth-order valence-corrected chi connectivity index (χ4v) is 10.7. The summed E-state index contributed by atoms with van der Waals surface area (Å²) in [5.41, 5.74) is 3.53. The minimum absolute atomic E-state index is 0. The Morgan fingerprint density at radius 3 is 0.643 bits per heavy atom. The zero-order valence-electron chi connectivity index (χ0n) is 11.2. The van der Waals surface area contributed by atoms with E-state index in [9.17, 15) is 0 Å². The van der Waals surface area contributed by atoms with Crippen molar-refractivity contribution in [3.05, 3.63) is 0 Å². The molecule has 0 atom stereocenters. The first-order valence-corrected chi connectivity index (χ1v) is 7.72. The minimum atomic E-state index is -0.784. The van der Waals surface area contributed by atoms with Crippen LogP contribution in [0.4, 0.5) is 0 Å². The minimum Gasteiger partial charge on any atom is -0.870 e. The zero-order chi connectivity index (χ0) is 10.8. The van der Waals surface area contributed by atoms with E-state index < -0.39 is 7.26 Å². The molecule has 0 aliphatic carbocycles. The highest BCUT2D eigenvalue weighted by Gasteiger charge is 2.49. The molecule has 0 aliphatic rings. The standard InChI is InChI=1S/C12H28P.H2O/c1-9(2)13(10(3)4,11(5)6)12(7)8;/h9-12H,1-8H3;1H2/q+1;/p-1. The molecule has 0 rings (SSSR count). The third kappa shape index (κ3) is 2.70. The molecule has 0 unspecified atom stereocenters. The molecule has 2 heteroatoms. The second-order valence-electron chi connectivity index (χ2n) is 5.27. The van der Waals surface area contributed by atoms with Crippen LogP contribution in [0.1, 0.15) is 55.4 Å². The molecule has 0 saturated heterocycles. The highest BCUT2D eigenvalue weighted by atomic mass is 31.2. The van der Waals surface area contributed by atoms with Gasteiger partial charge in [-0.1, -0.05) is 0 Å². The molecule has 0 saturated carbocycles. The molecular formula is C12H29OP. The monoisotopic (exact) mass is 220 g/mol. The fourth-order valence-electron chi connectivity index (χ4n) is 3.58. The van der Waals surface area contributed by atoms with Crippen LogP contribution in [0.5, 0.6) is 0 Å². The molecule has 0 bridgehead atoms. The van der Waals surface area contributed by atoms with Crippen molar-refractivity contribution in [2.75, 3.05) is 0 Å². The summed E-state index contributed by atoms with van der Waals surface area (Å²) in [5, 5.41) is 0. The highest BCUT2D eigenvalue weighted by molar-refractivity contribution is 7.78. The lowest BCUT2D eigenvalue weighted by atomic mass is 10.5. The number of hydrogen-bond acceptors (Lipinski definition) is 1. The predicted octanol–water partition coefficient (Wildman–Crippen LogP) is 4.46. The van der Waals surface area contributed by atoms with Gasteiger partial charge >= 0.3 is 0 Å². The van der Waals surface area contributed by atoms with Crippen molar-refractivity contribution in [2.24, 2.45) is 0 Å². The van der Waals surface area contributed by atoms with Crippen LogP contribution in [0.3, 0.4) is 0 Å². The SMILES string of the molecule is CC(C)[P+](C(C)C)(C(C)C)C(C)C.[OH-]. The topological polar surface area (TPSA) is 30.0 Å². The summed E-state index contributed by atoms with van der Waals surface area (Å²) in [6.07, 6.45) is 0. The van der Waals surface area contributed by atoms with Crippen molar-refractivity contribution >= 4 is 7.26 Å². The third-order valence-electron chi connectivity index (χ3n) is 3.58. The Bertz CT molecular complexity index is 113. The molecule has 0 heterocycles. The first kappa shape index (κ1) is 16.8. The van der Waals surface area contributed by atoms with Gasteiger partial charge in [0.15, 0.2) is 0 Å². The molecule has 0 fully saturated rings. The van der Waals surface area contributed by atoms with E-state index in [0.717, 1.165) is 22.6 Å². The van der Waals surface area contributed by atoms with Gasteiger partial charge in [-0.15, -0.1) is 0 Å². The highest BCUT2D eigenvalue weighted by Crippen LogP contribution is 2.73. The largest absolute Gasteiger partial charge is 0.870 e. The van der Waals surface area contributed by atoms with E-state index >= 15 is 0 Å². The van der Waals surface area contributed by atoms with Gasteiger partial charge in [0, 0.05) is 7.26 Å². The summed E-state index contributed by atoms with van der Waals surface area (Å²) >= 11 is 0. The molecule has 0 spiro atoms. The fraction of sp³-hybridized carbons (Fsp3) is 1.00. The van der Waals surface area contributed by atoms with Crippen molar-refractivity contribution < 1.29 is 5.48 Å². The number of hydrogen-bond donors (Lipinski definition) is 0. The maximum Gasteiger partial charge on any atom is 0.0649 e. The predicted molar refractivity (Wildman–Crippen MR) is 69.4 cm³/mol. The molecule has 1 N–H and O–H groups in total. The van der Waals surface area contributed by atoms with Crippen LogP contribution in [0.15, 0.2) is 0 Å². The Hall–Kier alpha value is 0.390. The average molecular weight is 220 g/mol. The Morgan fingerprint density at radius 1 is 0.500 bits per heavy atom. The summed E-state index contributed by atoms with van der Waals surface area (Å²) in [4.78, 5) is 0. The van der Waals surface area contributed by atoms with Gasteiger partial charge in [-0.3, -0.25) is 0 Å². The molecule has 0 aliphatic heterocycles. The van der Waals surface area contributed by atoms with Gasteiger partial charge < -0.3 is 5.48 Å². The second kappa shape index (κ2) is 6.08. The zero-order valence-corrected chi connectivity index (χ0v) is 12.1. The van der Waals surface area contributed by atoms with Crippen LogP contribution >= 0.6 is 7.26 Å². The van der Waals surface area contributed by atoms with Crippen LogP contribution < -0.4 is 0 Å². The summed E-state index contributed by atoms with van der Waals surface area (Å²) in [7, 11) is -0.784. The molecule has 88 valence electrons. The van der Waals surface area contributed by atoms with Crippen molar-refractivity contribution in [1.82, 2.24) is 0 Å². The summed E-state index contributed by atoms with van der Waals surface area (Å²) in [6.45, 7) is 19.4. The molecule has 0 amide bonds. The van der Waals surface area contributed by atoms with Gasteiger partial charge in [-0.05, 0) is 55.4 Å².